The van der Waals surface area contributed by atoms with E-state index in [0.29, 0.717) is 16.3 Å². The highest BCUT2D eigenvalue weighted by atomic mass is 35.5. The van der Waals surface area contributed by atoms with Gasteiger partial charge in [0, 0.05) is 17.0 Å². The highest BCUT2D eigenvalue weighted by Gasteiger charge is 2.13. The fraction of sp³-hybridized carbons (Fsp3) is 0.571. The number of benzene rings is 1. The van der Waals surface area contributed by atoms with Crippen molar-refractivity contribution in [1.29, 1.82) is 0 Å². The molecule has 102 valence electrons. The summed E-state index contributed by atoms with van der Waals surface area (Å²) >= 11 is 8.03. The highest BCUT2D eigenvalue weighted by Crippen LogP contribution is 2.29. The molecule has 0 aliphatic heterocycles. The van der Waals surface area contributed by atoms with Crippen LogP contribution in [-0.4, -0.2) is 25.2 Å². The second-order valence-corrected chi connectivity index (χ2v) is 6.17. The van der Waals surface area contributed by atoms with Crippen LogP contribution in [0.2, 0.25) is 5.02 Å². The van der Waals surface area contributed by atoms with E-state index in [2.05, 4.69) is 25.2 Å². The van der Waals surface area contributed by atoms with Crippen LogP contribution >= 0.6 is 23.4 Å². The van der Waals surface area contributed by atoms with Crippen molar-refractivity contribution in [2.24, 2.45) is 0 Å². The summed E-state index contributed by atoms with van der Waals surface area (Å²) in [6.45, 7) is 4.48. The number of ether oxygens (including phenoxy) is 1. The molecule has 0 heterocycles. The van der Waals surface area contributed by atoms with E-state index < -0.39 is 0 Å². The van der Waals surface area contributed by atoms with Crippen LogP contribution in [0, 0.1) is 0 Å². The van der Waals surface area contributed by atoms with Crippen molar-refractivity contribution in [2.45, 2.75) is 31.6 Å². The quantitative estimate of drug-likeness (QED) is 0.814. The molecule has 4 heteroatoms. The molecule has 0 spiro atoms. The van der Waals surface area contributed by atoms with E-state index in [0.717, 1.165) is 11.5 Å². The molecule has 2 nitrogen and oxygen atoms in total. The Bertz CT molecular complexity index is 373. The Morgan fingerprint density at radius 2 is 2.17 bits per heavy atom. The molecular weight excluding hydrogens is 266 g/mol. The maximum absolute atomic E-state index is 6.04. The molecule has 1 rings (SSSR count). The Morgan fingerprint density at radius 3 is 2.72 bits per heavy atom. The van der Waals surface area contributed by atoms with E-state index in [9.17, 15) is 0 Å². The monoisotopic (exact) mass is 287 g/mol. The van der Waals surface area contributed by atoms with Crippen LogP contribution in [0.1, 0.15) is 31.9 Å². The zero-order valence-corrected chi connectivity index (χ0v) is 13.1. The molecule has 0 aromatic heterocycles. The predicted octanol–water partition coefficient (Wildman–Crippen LogP) is 4.14. The van der Waals surface area contributed by atoms with E-state index >= 15 is 0 Å². The van der Waals surface area contributed by atoms with Crippen LogP contribution in [0.4, 0.5) is 0 Å². The molecular formula is C14H22ClNOS. The summed E-state index contributed by atoms with van der Waals surface area (Å²) in [6, 6.07) is 6.30. The van der Waals surface area contributed by atoms with Crippen molar-refractivity contribution in [3.8, 4) is 5.75 Å². The summed E-state index contributed by atoms with van der Waals surface area (Å²) in [5, 5.41) is 4.70. The van der Waals surface area contributed by atoms with Gasteiger partial charge >= 0.3 is 0 Å². The Kier molecular flexibility index (Phi) is 6.90. The molecule has 0 aliphatic rings. The Morgan fingerprint density at radius 1 is 1.44 bits per heavy atom. The van der Waals surface area contributed by atoms with Gasteiger partial charge in [-0.1, -0.05) is 31.5 Å². The first-order valence-corrected chi connectivity index (χ1v) is 7.67. The third-order valence-corrected chi connectivity index (χ3v) is 4.79. The zero-order chi connectivity index (χ0) is 13.5. The van der Waals surface area contributed by atoms with Gasteiger partial charge in [-0.2, -0.15) is 11.8 Å². The van der Waals surface area contributed by atoms with Crippen molar-refractivity contribution in [3.63, 3.8) is 0 Å². The van der Waals surface area contributed by atoms with Gasteiger partial charge in [0.25, 0.3) is 0 Å². The van der Waals surface area contributed by atoms with Crippen molar-refractivity contribution in [2.75, 3.05) is 19.9 Å². The summed E-state index contributed by atoms with van der Waals surface area (Å²) in [7, 11) is 3.64. The summed E-state index contributed by atoms with van der Waals surface area (Å²) in [5.41, 5.74) is 1.22. The van der Waals surface area contributed by atoms with E-state index in [1.807, 2.05) is 30.9 Å². The van der Waals surface area contributed by atoms with Gasteiger partial charge in [-0.15, -0.1) is 0 Å². The van der Waals surface area contributed by atoms with Gasteiger partial charge in [-0.05, 0) is 31.2 Å². The van der Waals surface area contributed by atoms with Crippen LogP contribution in [0.3, 0.4) is 0 Å². The predicted molar refractivity (Wildman–Crippen MR) is 82.0 cm³/mol. The molecule has 2 unspecified atom stereocenters. The van der Waals surface area contributed by atoms with Gasteiger partial charge in [0.05, 0.1) is 12.1 Å². The molecule has 0 aliphatic carbocycles. The standard InChI is InChI=1S/C14H22ClNOS/c1-5-10(2)18-9-13(16-3)11-6-7-12(15)14(8-11)17-4/h6-8,10,13,16H,5,9H2,1-4H3. The fourth-order valence-electron chi connectivity index (χ4n) is 1.62. The minimum absolute atomic E-state index is 0.329. The largest absolute Gasteiger partial charge is 0.495 e. The van der Waals surface area contributed by atoms with Crippen molar-refractivity contribution < 1.29 is 4.74 Å². The van der Waals surface area contributed by atoms with Crippen LogP contribution in [0.25, 0.3) is 0 Å². The normalized spacial score (nSPS) is 14.3. The minimum atomic E-state index is 0.329. The molecule has 0 amide bonds. The molecule has 0 bridgehead atoms. The summed E-state index contributed by atoms with van der Waals surface area (Å²) < 4.78 is 5.26. The van der Waals surface area contributed by atoms with E-state index in [1.165, 1.54) is 12.0 Å². The van der Waals surface area contributed by atoms with Crippen molar-refractivity contribution >= 4 is 23.4 Å². The molecule has 2 atom stereocenters. The lowest BCUT2D eigenvalue weighted by molar-refractivity contribution is 0.414. The highest BCUT2D eigenvalue weighted by molar-refractivity contribution is 7.99. The number of halogens is 1. The lowest BCUT2D eigenvalue weighted by atomic mass is 10.1. The van der Waals surface area contributed by atoms with Gasteiger partial charge < -0.3 is 10.1 Å². The molecule has 0 saturated heterocycles. The van der Waals surface area contributed by atoms with Gasteiger partial charge in [-0.25, -0.2) is 0 Å². The molecule has 1 aromatic carbocycles. The zero-order valence-electron chi connectivity index (χ0n) is 11.5. The molecule has 1 aromatic rings. The first-order chi connectivity index (χ1) is 8.62. The van der Waals surface area contributed by atoms with Gasteiger partial charge in [0.2, 0.25) is 0 Å². The average Bonchev–Trinajstić information content (AvgIpc) is 2.40. The number of hydrogen-bond acceptors (Lipinski definition) is 3. The Labute approximate surface area is 119 Å². The number of rotatable bonds is 7. The third kappa shape index (κ3) is 4.38. The number of methoxy groups -OCH3 is 1. The number of thioether (sulfide) groups is 1. The Balaban J connectivity index is 2.75. The van der Waals surface area contributed by atoms with Crippen LogP contribution in [0.15, 0.2) is 18.2 Å². The van der Waals surface area contributed by atoms with Crippen LogP contribution in [0.5, 0.6) is 5.75 Å². The van der Waals surface area contributed by atoms with Gasteiger partial charge in [-0.3, -0.25) is 0 Å². The topological polar surface area (TPSA) is 21.3 Å². The van der Waals surface area contributed by atoms with Crippen molar-refractivity contribution in [3.05, 3.63) is 28.8 Å². The maximum atomic E-state index is 6.04. The van der Waals surface area contributed by atoms with Crippen molar-refractivity contribution in [1.82, 2.24) is 5.32 Å². The van der Waals surface area contributed by atoms with Crippen LogP contribution < -0.4 is 10.1 Å². The summed E-state index contributed by atoms with van der Waals surface area (Å²) in [5.74, 6) is 1.79. The Hall–Kier alpha value is -0.380. The average molecular weight is 288 g/mol. The summed E-state index contributed by atoms with van der Waals surface area (Å²) in [4.78, 5) is 0. The smallest absolute Gasteiger partial charge is 0.137 e. The number of nitrogens with one attached hydrogen (secondary N) is 1. The fourth-order valence-corrected chi connectivity index (χ4v) is 2.93. The molecule has 0 fully saturated rings. The molecule has 1 N–H and O–H groups in total. The lowest BCUT2D eigenvalue weighted by Crippen LogP contribution is -2.19. The first-order valence-electron chi connectivity index (χ1n) is 6.24. The second-order valence-electron chi connectivity index (χ2n) is 4.29. The SMILES string of the molecule is CCC(C)SCC(NC)c1ccc(Cl)c(OC)c1. The second kappa shape index (κ2) is 7.93. The molecule has 18 heavy (non-hydrogen) atoms. The molecule has 0 saturated carbocycles. The minimum Gasteiger partial charge on any atom is -0.495 e. The van der Waals surface area contributed by atoms with E-state index in [1.54, 1.807) is 7.11 Å². The third-order valence-electron chi connectivity index (χ3n) is 3.05. The lowest BCUT2D eigenvalue weighted by Gasteiger charge is -2.19. The summed E-state index contributed by atoms with van der Waals surface area (Å²) in [6.07, 6.45) is 1.20. The maximum Gasteiger partial charge on any atom is 0.137 e. The van der Waals surface area contributed by atoms with E-state index in [4.69, 9.17) is 16.3 Å². The first kappa shape index (κ1) is 15.7. The van der Waals surface area contributed by atoms with Gasteiger partial charge in [0.1, 0.15) is 5.75 Å². The molecule has 0 radical (unpaired) electrons. The van der Waals surface area contributed by atoms with E-state index in [-0.39, 0.29) is 0 Å². The van der Waals surface area contributed by atoms with Gasteiger partial charge in [0.15, 0.2) is 0 Å². The number of hydrogen-bond donors (Lipinski definition) is 1. The van der Waals surface area contributed by atoms with Crippen LogP contribution in [-0.2, 0) is 0 Å².